The lowest BCUT2D eigenvalue weighted by Gasteiger charge is -2.10. The molecule has 0 aromatic heterocycles. The maximum Gasteiger partial charge on any atom is 0.314 e. The second-order valence-electron chi connectivity index (χ2n) is 4.77. The molecule has 0 atom stereocenters. The summed E-state index contributed by atoms with van der Waals surface area (Å²) in [6.45, 7) is 0. The molecule has 0 spiro atoms. The van der Waals surface area contributed by atoms with Crippen LogP contribution in [0.2, 0.25) is 0 Å². The standard InChI is InChI=1S/C15H10F3N3O5/c1-26-11-5-2-7(21(24)25)6-10(11)20-15(23)14(22)19-9-4-3-8(16)12(17)13(9)18/h2-6H,1H3,(H,19,22)(H,20,23). The van der Waals surface area contributed by atoms with Crippen molar-refractivity contribution in [2.75, 3.05) is 17.7 Å². The van der Waals surface area contributed by atoms with Crippen molar-refractivity contribution < 1.29 is 32.4 Å². The molecule has 0 aliphatic heterocycles. The third kappa shape index (κ3) is 3.88. The van der Waals surface area contributed by atoms with Gasteiger partial charge in [-0.2, -0.15) is 0 Å². The number of hydrogen-bond donors (Lipinski definition) is 2. The number of rotatable bonds is 4. The number of carbonyl (C=O) groups is 2. The number of non-ortho nitro benzene ring substituents is 1. The predicted molar refractivity (Wildman–Crippen MR) is 83.2 cm³/mol. The second kappa shape index (κ2) is 7.51. The van der Waals surface area contributed by atoms with Crippen molar-refractivity contribution in [2.24, 2.45) is 0 Å². The van der Waals surface area contributed by atoms with E-state index in [0.29, 0.717) is 6.07 Å². The Morgan fingerprint density at radius 1 is 1.00 bits per heavy atom. The Balaban J connectivity index is 2.20. The van der Waals surface area contributed by atoms with Gasteiger partial charge in [0.25, 0.3) is 5.69 Å². The molecule has 0 aliphatic rings. The number of benzene rings is 2. The van der Waals surface area contributed by atoms with Crippen molar-refractivity contribution in [1.29, 1.82) is 0 Å². The highest BCUT2D eigenvalue weighted by Crippen LogP contribution is 2.29. The summed E-state index contributed by atoms with van der Waals surface area (Å²) in [6.07, 6.45) is 0. The molecule has 0 heterocycles. The van der Waals surface area contributed by atoms with Crippen molar-refractivity contribution in [3.05, 3.63) is 57.9 Å². The van der Waals surface area contributed by atoms with E-state index in [1.54, 1.807) is 5.32 Å². The number of methoxy groups -OCH3 is 1. The van der Waals surface area contributed by atoms with Crippen LogP contribution in [0.5, 0.6) is 5.75 Å². The van der Waals surface area contributed by atoms with E-state index in [2.05, 4.69) is 5.32 Å². The number of nitrogens with one attached hydrogen (secondary N) is 2. The van der Waals surface area contributed by atoms with Gasteiger partial charge >= 0.3 is 11.8 Å². The smallest absolute Gasteiger partial charge is 0.314 e. The zero-order chi connectivity index (χ0) is 19.4. The predicted octanol–water partition coefficient (Wildman–Crippen LogP) is 2.60. The van der Waals surface area contributed by atoms with Crippen LogP contribution in [0, 0.1) is 27.6 Å². The van der Waals surface area contributed by atoms with Gasteiger partial charge in [-0.3, -0.25) is 19.7 Å². The molecule has 0 radical (unpaired) electrons. The van der Waals surface area contributed by atoms with Gasteiger partial charge in [0.05, 0.1) is 23.4 Å². The summed E-state index contributed by atoms with van der Waals surface area (Å²) in [6, 6.07) is 4.55. The van der Waals surface area contributed by atoms with Crippen LogP contribution in [0.25, 0.3) is 0 Å². The number of nitro benzene ring substituents is 1. The fraction of sp³-hybridized carbons (Fsp3) is 0.0667. The van der Waals surface area contributed by atoms with Crippen LogP contribution in [-0.4, -0.2) is 23.8 Å². The summed E-state index contributed by atoms with van der Waals surface area (Å²) in [5, 5.41) is 14.6. The van der Waals surface area contributed by atoms with Gasteiger partial charge in [-0.15, -0.1) is 0 Å². The SMILES string of the molecule is COc1ccc([N+](=O)[O-])cc1NC(=O)C(=O)Nc1ccc(F)c(F)c1F. The molecular formula is C15H10F3N3O5. The molecule has 136 valence electrons. The van der Waals surface area contributed by atoms with E-state index in [1.165, 1.54) is 13.2 Å². The molecule has 0 unspecified atom stereocenters. The third-order valence-corrected chi connectivity index (χ3v) is 3.13. The fourth-order valence-electron chi connectivity index (χ4n) is 1.89. The zero-order valence-electron chi connectivity index (χ0n) is 13.0. The van der Waals surface area contributed by atoms with Crippen LogP contribution in [0.15, 0.2) is 30.3 Å². The molecule has 0 saturated carbocycles. The summed E-state index contributed by atoms with van der Waals surface area (Å²) in [7, 11) is 1.23. The largest absolute Gasteiger partial charge is 0.495 e. The van der Waals surface area contributed by atoms with Gasteiger partial charge in [0.15, 0.2) is 17.5 Å². The number of anilines is 2. The molecule has 2 rings (SSSR count). The van der Waals surface area contributed by atoms with Crippen molar-refractivity contribution in [2.45, 2.75) is 0 Å². The molecule has 0 saturated heterocycles. The summed E-state index contributed by atoms with van der Waals surface area (Å²) in [4.78, 5) is 33.7. The highest BCUT2D eigenvalue weighted by Gasteiger charge is 2.21. The van der Waals surface area contributed by atoms with E-state index in [4.69, 9.17) is 4.74 Å². The topological polar surface area (TPSA) is 111 Å². The van der Waals surface area contributed by atoms with Gasteiger partial charge in [0, 0.05) is 12.1 Å². The Morgan fingerprint density at radius 3 is 2.19 bits per heavy atom. The van der Waals surface area contributed by atoms with Gasteiger partial charge in [0.1, 0.15) is 5.75 Å². The summed E-state index contributed by atoms with van der Waals surface area (Å²) < 4.78 is 44.4. The van der Waals surface area contributed by atoms with Gasteiger partial charge < -0.3 is 15.4 Å². The van der Waals surface area contributed by atoms with Gasteiger partial charge in [-0.25, -0.2) is 13.2 Å². The Bertz CT molecular complexity index is 904. The highest BCUT2D eigenvalue weighted by atomic mass is 19.2. The lowest BCUT2D eigenvalue weighted by Crippen LogP contribution is -2.29. The average Bonchev–Trinajstić information content (AvgIpc) is 2.61. The summed E-state index contributed by atoms with van der Waals surface area (Å²) in [5.74, 6) is -7.69. The number of halogens is 3. The first-order valence-corrected chi connectivity index (χ1v) is 6.83. The Morgan fingerprint density at radius 2 is 1.62 bits per heavy atom. The molecule has 0 bridgehead atoms. The number of hydrogen-bond acceptors (Lipinski definition) is 5. The molecular weight excluding hydrogens is 359 g/mol. The summed E-state index contributed by atoms with van der Waals surface area (Å²) in [5.41, 5.74) is -1.32. The minimum absolute atomic E-state index is 0.0238. The lowest BCUT2D eigenvalue weighted by molar-refractivity contribution is -0.384. The van der Waals surface area contributed by atoms with Gasteiger partial charge in [-0.05, 0) is 18.2 Å². The third-order valence-electron chi connectivity index (χ3n) is 3.13. The van der Waals surface area contributed by atoms with Gasteiger partial charge in [0.2, 0.25) is 0 Å². The molecule has 8 nitrogen and oxygen atoms in total. The van der Waals surface area contributed by atoms with Crippen LogP contribution < -0.4 is 15.4 Å². The Labute approximate surface area is 143 Å². The van der Waals surface area contributed by atoms with E-state index >= 15 is 0 Å². The maximum absolute atomic E-state index is 13.5. The lowest BCUT2D eigenvalue weighted by atomic mass is 10.2. The van der Waals surface area contributed by atoms with Crippen LogP contribution >= 0.6 is 0 Å². The number of ether oxygens (including phenoxy) is 1. The van der Waals surface area contributed by atoms with Crippen LogP contribution in [0.3, 0.4) is 0 Å². The Kier molecular flexibility index (Phi) is 5.40. The first-order valence-electron chi connectivity index (χ1n) is 6.83. The molecule has 2 aromatic carbocycles. The molecule has 11 heteroatoms. The monoisotopic (exact) mass is 369 g/mol. The van der Waals surface area contributed by atoms with E-state index < -0.39 is 39.9 Å². The molecule has 2 amide bonds. The number of nitro groups is 1. The zero-order valence-corrected chi connectivity index (χ0v) is 13.0. The average molecular weight is 369 g/mol. The van der Waals surface area contributed by atoms with Gasteiger partial charge in [-0.1, -0.05) is 0 Å². The van der Waals surface area contributed by atoms with E-state index in [-0.39, 0.29) is 17.1 Å². The van der Waals surface area contributed by atoms with E-state index in [0.717, 1.165) is 18.2 Å². The second-order valence-corrected chi connectivity index (χ2v) is 4.77. The first kappa shape index (κ1) is 18.7. The van der Waals surface area contributed by atoms with Crippen LogP contribution in [-0.2, 0) is 9.59 Å². The molecule has 0 aliphatic carbocycles. The number of amides is 2. The summed E-state index contributed by atoms with van der Waals surface area (Å²) >= 11 is 0. The van der Waals surface area contributed by atoms with Crippen LogP contribution in [0.4, 0.5) is 30.2 Å². The molecule has 26 heavy (non-hydrogen) atoms. The number of carbonyl (C=O) groups excluding carboxylic acids is 2. The Hall–Kier alpha value is -3.63. The fourth-order valence-corrected chi connectivity index (χ4v) is 1.89. The normalized spacial score (nSPS) is 10.2. The quantitative estimate of drug-likeness (QED) is 0.373. The van der Waals surface area contributed by atoms with Crippen molar-refractivity contribution >= 4 is 28.9 Å². The van der Waals surface area contributed by atoms with Crippen molar-refractivity contribution in [3.63, 3.8) is 0 Å². The minimum Gasteiger partial charge on any atom is -0.495 e. The molecule has 0 fully saturated rings. The molecule has 2 aromatic rings. The van der Waals surface area contributed by atoms with Crippen molar-refractivity contribution in [3.8, 4) is 5.75 Å². The highest BCUT2D eigenvalue weighted by molar-refractivity contribution is 6.43. The van der Waals surface area contributed by atoms with E-state index in [9.17, 15) is 32.9 Å². The minimum atomic E-state index is -1.82. The van der Waals surface area contributed by atoms with Crippen molar-refractivity contribution in [1.82, 2.24) is 0 Å². The molecule has 2 N–H and O–H groups in total. The van der Waals surface area contributed by atoms with Crippen LogP contribution in [0.1, 0.15) is 0 Å². The first-order chi connectivity index (χ1) is 12.2. The number of nitrogens with zero attached hydrogens (tertiary/aromatic N) is 1. The maximum atomic E-state index is 13.5. The van der Waals surface area contributed by atoms with E-state index in [1.807, 2.05) is 0 Å².